The van der Waals surface area contributed by atoms with E-state index in [2.05, 4.69) is 34.5 Å². The largest absolute Gasteiger partial charge is 0.341 e. The van der Waals surface area contributed by atoms with Crippen molar-refractivity contribution < 1.29 is 9.59 Å². The van der Waals surface area contributed by atoms with Crippen LogP contribution in [-0.2, 0) is 16.1 Å². The molecule has 160 valence electrons. The van der Waals surface area contributed by atoms with Crippen LogP contribution in [0.15, 0.2) is 60.7 Å². The zero-order valence-electron chi connectivity index (χ0n) is 18.1. The number of nitrogens with zero attached hydrogens (tertiary/aromatic N) is 2. The van der Waals surface area contributed by atoms with Gasteiger partial charge < -0.3 is 10.2 Å². The molecule has 2 aromatic rings. The number of benzene rings is 2. The van der Waals surface area contributed by atoms with E-state index in [1.54, 1.807) is 0 Å². The lowest BCUT2D eigenvalue weighted by Gasteiger charge is -2.27. The molecule has 5 nitrogen and oxygen atoms in total. The molecule has 1 fully saturated rings. The molecule has 0 aromatic heterocycles. The Morgan fingerprint density at radius 2 is 1.57 bits per heavy atom. The minimum atomic E-state index is -0.627. The Morgan fingerprint density at radius 3 is 2.23 bits per heavy atom. The van der Waals surface area contributed by atoms with Gasteiger partial charge in [-0.25, -0.2) is 0 Å². The number of carbonyl (C=O) groups excluding carboxylic acids is 2. The smallest absolute Gasteiger partial charge is 0.249 e. The van der Waals surface area contributed by atoms with Crippen molar-refractivity contribution in [2.45, 2.75) is 39.3 Å². The summed E-state index contributed by atoms with van der Waals surface area (Å²) >= 11 is 0. The molecule has 0 radical (unpaired) electrons. The summed E-state index contributed by atoms with van der Waals surface area (Å²) in [6.45, 7) is 8.11. The fourth-order valence-corrected chi connectivity index (χ4v) is 3.90. The highest BCUT2D eigenvalue weighted by Gasteiger charge is 2.29. The van der Waals surface area contributed by atoms with Gasteiger partial charge in [-0.15, -0.1) is 0 Å². The molecule has 1 N–H and O–H groups in total. The van der Waals surface area contributed by atoms with E-state index in [1.165, 1.54) is 5.56 Å². The standard InChI is InChI=1S/C25H33N3O2/c1-20(2)18-23(29)26-24(22-12-7-4-8-13-22)25(30)28-15-9-14-27(16-17-28)19-21-10-5-3-6-11-21/h3-8,10-13,20,24H,9,14-19H2,1-2H3,(H,26,29). The van der Waals surface area contributed by atoms with Gasteiger partial charge in [0.25, 0.3) is 0 Å². The van der Waals surface area contributed by atoms with Crippen LogP contribution in [0.4, 0.5) is 0 Å². The highest BCUT2D eigenvalue weighted by molar-refractivity contribution is 5.88. The second-order valence-corrected chi connectivity index (χ2v) is 8.45. The van der Waals surface area contributed by atoms with Crippen LogP contribution >= 0.6 is 0 Å². The third kappa shape index (κ3) is 6.42. The highest BCUT2D eigenvalue weighted by Crippen LogP contribution is 2.19. The summed E-state index contributed by atoms with van der Waals surface area (Å²) in [5.74, 6) is 0.161. The van der Waals surface area contributed by atoms with Crippen molar-refractivity contribution in [1.82, 2.24) is 15.1 Å². The first-order chi connectivity index (χ1) is 14.5. The summed E-state index contributed by atoms with van der Waals surface area (Å²) < 4.78 is 0. The van der Waals surface area contributed by atoms with Crippen molar-refractivity contribution in [3.05, 3.63) is 71.8 Å². The van der Waals surface area contributed by atoms with Crippen LogP contribution < -0.4 is 5.32 Å². The molecule has 0 saturated carbocycles. The van der Waals surface area contributed by atoms with E-state index in [0.29, 0.717) is 19.5 Å². The van der Waals surface area contributed by atoms with E-state index in [-0.39, 0.29) is 17.7 Å². The van der Waals surface area contributed by atoms with Gasteiger partial charge >= 0.3 is 0 Å². The Morgan fingerprint density at radius 1 is 0.900 bits per heavy atom. The second-order valence-electron chi connectivity index (χ2n) is 8.45. The van der Waals surface area contributed by atoms with E-state index in [9.17, 15) is 9.59 Å². The predicted molar refractivity (Wildman–Crippen MR) is 120 cm³/mol. The molecular formula is C25H33N3O2. The lowest BCUT2D eigenvalue weighted by molar-refractivity contribution is -0.136. The Labute approximate surface area is 180 Å². The van der Waals surface area contributed by atoms with Crippen LogP contribution in [0.3, 0.4) is 0 Å². The predicted octanol–water partition coefficient (Wildman–Crippen LogP) is 3.62. The van der Waals surface area contributed by atoms with E-state index in [1.807, 2.05) is 55.1 Å². The number of amides is 2. The van der Waals surface area contributed by atoms with Crippen LogP contribution in [0.25, 0.3) is 0 Å². The molecule has 1 aliphatic heterocycles. The number of carbonyl (C=O) groups is 2. The Balaban J connectivity index is 1.67. The lowest BCUT2D eigenvalue weighted by atomic mass is 10.0. The summed E-state index contributed by atoms with van der Waals surface area (Å²) in [6, 6.07) is 19.4. The average Bonchev–Trinajstić information content (AvgIpc) is 2.98. The van der Waals surface area contributed by atoms with Gasteiger partial charge in [-0.2, -0.15) is 0 Å². The maximum absolute atomic E-state index is 13.4. The summed E-state index contributed by atoms with van der Waals surface area (Å²) in [4.78, 5) is 30.2. The first-order valence-electron chi connectivity index (χ1n) is 10.9. The molecule has 1 unspecified atom stereocenters. The Hall–Kier alpha value is -2.66. The van der Waals surface area contributed by atoms with Gasteiger partial charge in [0.2, 0.25) is 11.8 Å². The van der Waals surface area contributed by atoms with Crippen molar-refractivity contribution in [3.8, 4) is 0 Å². The van der Waals surface area contributed by atoms with Gasteiger partial charge in [0.1, 0.15) is 6.04 Å². The molecule has 1 atom stereocenters. The molecule has 1 aliphatic rings. The second kappa shape index (κ2) is 10.9. The van der Waals surface area contributed by atoms with E-state index < -0.39 is 6.04 Å². The van der Waals surface area contributed by atoms with Crippen LogP contribution in [0, 0.1) is 5.92 Å². The number of rotatable bonds is 7. The Kier molecular flexibility index (Phi) is 8.03. The van der Waals surface area contributed by atoms with Crippen molar-refractivity contribution in [2.75, 3.05) is 26.2 Å². The van der Waals surface area contributed by atoms with E-state index >= 15 is 0 Å². The number of hydrogen-bond acceptors (Lipinski definition) is 3. The average molecular weight is 408 g/mol. The van der Waals surface area contributed by atoms with Gasteiger partial charge in [0, 0.05) is 39.1 Å². The molecule has 0 bridgehead atoms. The minimum absolute atomic E-state index is 0.0140. The summed E-state index contributed by atoms with van der Waals surface area (Å²) in [5.41, 5.74) is 2.13. The minimum Gasteiger partial charge on any atom is -0.341 e. The maximum Gasteiger partial charge on any atom is 0.249 e. The summed E-state index contributed by atoms with van der Waals surface area (Å²) in [5, 5.41) is 2.99. The van der Waals surface area contributed by atoms with Crippen LogP contribution in [0.1, 0.15) is 43.9 Å². The number of nitrogens with one attached hydrogen (secondary N) is 1. The third-order valence-electron chi connectivity index (χ3n) is 5.43. The molecular weight excluding hydrogens is 374 g/mol. The van der Waals surface area contributed by atoms with Gasteiger partial charge in [0.15, 0.2) is 0 Å². The highest BCUT2D eigenvalue weighted by atomic mass is 16.2. The first kappa shape index (κ1) is 22.0. The third-order valence-corrected chi connectivity index (χ3v) is 5.43. The molecule has 2 aromatic carbocycles. The van der Waals surface area contributed by atoms with E-state index in [4.69, 9.17) is 0 Å². The van der Waals surface area contributed by atoms with Crippen molar-refractivity contribution in [2.24, 2.45) is 5.92 Å². The Bertz CT molecular complexity index is 808. The lowest BCUT2D eigenvalue weighted by Crippen LogP contribution is -2.44. The quantitative estimate of drug-likeness (QED) is 0.763. The van der Waals surface area contributed by atoms with Gasteiger partial charge in [-0.3, -0.25) is 14.5 Å². The topological polar surface area (TPSA) is 52.7 Å². The summed E-state index contributed by atoms with van der Waals surface area (Å²) in [6.07, 6.45) is 1.35. The maximum atomic E-state index is 13.4. The molecule has 5 heteroatoms. The van der Waals surface area contributed by atoms with Crippen molar-refractivity contribution in [1.29, 1.82) is 0 Å². The molecule has 2 amide bonds. The first-order valence-corrected chi connectivity index (χ1v) is 10.9. The molecule has 1 saturated heterocycles. The zero-order chi connectivity index (χ0) is 21.3. The SMILES string of the molecule is CC(C)CC(=O)NC(C(=O)N1CCCN(Cc2ccccc2)CC1)c1ccccc1. The molecule has 0 aliphatic carbocycles. The molecule has 3 rings (SSSR count). The normalized spacial score (nSPS) is 16.2. The fourth-order valence-electron chi connectivity index (χ4n) is 3.90. The molecule has 0 spiro atoms. The van der Waals surface area contributed by atoms with E-state index in [0.717, 1.165) is 31.6 Å². The molecule has 1 heterocycles. The molecule has 30 heavy (non-hydrogen) atoms. The van der Waals surface area contributed by atoms with Crippen molar-refractivity contribution >= 4 is 11.8 Å². The monoisotopic (exact) mass is 407 g/mol. The van der Waals surface area contributed by atoms with Crippen LogP contribution in [0.2, 0.25) is 0 Å². The van der Waals surface area contributed by atoms with Gasteiger partial charge in [0.05, 0.1) is 0 Å². The zero-order valence-corrected chi connectivity index (χ0v) is 18.1. The van der Waals surface area contributed by atoms with Crippen molar-refractivity contribution in [3.63, 3.8) is 0 Å². The fraction of sp³-hybridized carbons (Fsp3) is 0.440. The van der Waals surface area contributed by atoms with Crippen LogP contribution in [-0.4, -0.2) is 47.8 Å². The van der Waals surface area contributed by atoms with Gasteiger partial charge in [-0.05, 0) is 23.5 Å². The van der Waals surface area contributed by atoms with Gasteiger partial charge in [-0.1, -0.05) is 74.5 Å². The summed E-state index contributed by atoms with van der Waals surface area (Å²) in [7, 11) is 0. The van der Waals surface area contributed by atoms with Crippen LogP contribution in [0.5, 0.6) is 0 Å². The number of hydrogen-bond donors (Lipinski definition) is 1.